The molecular formula is C15H19BrClN3O. The molecule has 0 amide bonds. The molecule has 2 aromatic rings. The van der Waals surface area contributed by atoms with Gasteiger partial charge in [0, 0.05) is 11.6 Å². The Morgan fingerprint density at radius 1 is 1.48 bits per heavy atom. The van der Waals surface area contributed by atoms with Crippen molar-refractivity contribution < 1.29 is 4.74 Å². The highest BCUT2D eigenvalue weighted by atomic mass is 79.9. The fourth-order valence-corrected chi connectivity index (χ4v) is 3.03. The second kappa shape index (κ2) is 7.94. The van der Waals surface area contributed by atoms with Gasteiger partial charge in [-0.25, -0.2) is 0 Å². The fraction of sp³-hybridized carbons (Fsp3) is 0.400. The number of ether oxygens (including phenoxy) is 1. The quantitative estimate of drug-likeness (QED) is 0.809. The number of likely N-dealkylation sites (N-methyl/N-ethyl adjacent to an activating group) is 1. The van der Waals surface area contributed by atoms with Gasteiger partial charge in [-0.05, 0) is 31.2 Å². The highest BCUT2D eigenvalue weighted by Crippen LogP contribution is 2.26. The number of methoxy groups -OCH3 is 1. The van der Waals surface area contributed by atoms with Crippen molar-refractivity contribution in [1.29, 1.82) is 0 Å². The van der Waals surface area contributed by atoms with Gasteiger partial charge in [-0.1, -0.05) is 39.7 Å². The van der Waals surface area contributed by atoms with Crippen LogP contribution in [0.3, 0.4) is 0 Å². The summed E-state index contributed by atoms with van der Waals surface area (Å²) in [6.07, 6.45) is 2.53. The van der Waals surface area contributed by atoms with Crippen molar-refractivity contribution in [2.75, 3.05) is 20.8 Å². The SMILES string of the molecule is CNC(Cc1cccc(Br)c1)c1c(Cl)cnn1CCOC. The van der Waals surface area contributed by atoms with Gasteiger partial charge >= 0.3 is 0 Å². The van der Waals surface area contributed by atoms with Crippen LogP contribution in [-0.4, -0.2) is 30.5 Å². The lowest BCUT2D eigenvalue weighted by Gasteiger charge is -2.19. The zero-order valence-electron chi connectivity index (χ0n) is 12.1. The van der Waals surface area contributed by atoms with Crippen LogP contribution >= 0.6 is 27.5 Å². The Bertz CT molecular complexity index is 588. The second-order valence-electron chi connectivity index (χ2n) is 4.77. The maximum absolute atomic E-state index is 6.32. The molecule has 0 saturated heterocycles. The van der Waals surface area contributed by atoms with Crippen molar-refractivity contribution in [3.8, 4) is 0 Å². The lowest BCUT2D eigenvalue weighted by Crippen LogP contribution is -2.23. The van der Waals surface area contributed by atoms with E-state index in [2.05, 4.69) is 38.5 Å². The van der Waals surface area contributed by atoms with Gasteiger partial charge in [-0.2, -0.15) is 5.10 Å². The molecule has 6 heteroatoms. The minimum absolute atomic E-state index is 0.103. The lowest BCUT2D eigenvalue weighted by molar-refractivity contribution is 0.181. The summed E-state index contributed by atoms with van der Waals surface area (Å²) in [6, 6.07) is 8.39. The van der Waals surface area contributed by atoms with Crippen molar-refractivity contribution in [1.82, 2.24) is 15.1 Å². The van der Waals surface area contributed by atoms with Gasteiger partial charge < -0.3 is 10.1 Å². The third-order valence-corrected chi connectivity index (χ3v) is 4.13. The molecule has 2 rings (SSSR count). The predicted molar refractivity (Wildman–Crippen MR) is 88.8 cm³/mol. The van der Waals surface area contributed by atoms with Crippen molar-refractivity contribution >= 4 is 27.5 Å². The van der Waals surface area contributed by atoms with E-state index in [4.69, 9.17) is 16.3 Å². The first-order chi connectivity index (χ1) is 10.2. The number of nitrogens with one attached hydrogen (secondary N) is 1. The van der Waals surface area contributed by atoms with E-state index in [0.29, 0.717) is 18.2 Å². The number of rotatable bonds is 7. The molecule has 0 fully saturated rings. The van der Waals surface area contributed by atoms with Crippen molar-refractivity contribution in [2.45, 2.75) is 19.0 Å². The summed E-state index contributed by atoms with van der Waals surface area (Å²) in [7, 11) is 3.62. The number of benzene rings is 1. The topological polar surface area (TPSA) is 39.1 Å². The van der Waals surface area contributed by atoms with E-state index in [1.165, 1.54) is 5.56 Å². The molecule has 0 bridgehead atoms. The van der Waals surface area contributed by atoms with E-state index in [1.54, 1.807) is 13.3 Å². The molecular weight excluding hydrogens is 354 g/mol. The first-order valence-electron chi connectivity index (χ1n) is 6.77. The zero-order chi connectivity index (χ0) is 15.2. The molecule has 1 N–H and O–H groups in total. The summed E-state index contributed by atoms with van der Waals surface area (Å²) in [5.74, 6) is 0. The average Bonchev–Trinajstić information content (AvgIpc) is 2.83. The molecule has 4 nitrogen and oxygen atoms in total. The Kier molecular flexibility index (Phi) is 6.23. The second-order valence-corrected chi connectivity index (χ2v) is 6.09. The molecule has 114 valence electrons. The van der Waals surface area contributed by atoms with Gasteiger partial charge in [0.25, 0.3) is 0 Å². The van der Waals surface area contributed by atoms with Crippen LogP contribution in [0.25, 0.3) is 0 Å². The number of nitrogens with zero attached hydrogens (tertiary/aromatic N) is 2. The fourth-order valence-electron chi connectivity index (χ4n) is 2.31. The van der Waals surface area contributed by atoms with Gasteiger partial charge in [0.15, 0.2) is 0 Å². The normalized spacial score (nSPS) is 12.6. The van der Waals surface area contributed by atoms with Gasteiger partial charge in [-0.3, -0.25) is 4.68 Å². The van der Waals surface area contributed by atoms with Crippen molar-refractivity contribution in [2.24, 2.45) is 0 Å². The Labute approximate surface area is 138 Å². The molecule has 1 unspecified atom stereocenters. The molecule has 0 radical (unpaired) electrons. The summed E-state index contributed by atoms with van der Waals surface area (Å²) < 4.78 is 8.11. The summed E-state index contributed by atoms with van der Waals surface area (Å²) >= 11 is 9.83. The minimum atomic E-state index is 0.103. The molecule has 0 aliphatic rings. The van der Waals surface area contributed by atoms with E-state index in [-0.39, 0.29) is 6.04 Å². The molecule has 1 heterocycles. The van der Waals surface area contributed by atoms with Crippen LogP contribution in [0.15, 0.2) is 34.9 Å². The number of halogens is 2. The molecule has 0 aliphatic carbocycles. The van der Waals surface area contributed by atoms with E-state index in [9.17, 15) is 0 Å². The Morgan fingerprint density at radius 2 is 2.29 bits per heavy atom. The molecule has 0 saturated carbocycles. The van der Waals surface area contributed by atoms with Gasteiger partial charge in [0.05, 0.1) is 36.1 Å². The van der Waals surface area contributed by atoms with Crippen molar-refractivity contribution in [3.63, 3.8) is 0 Å². The van der Waals surface area contributed by atoms with Gasteiger partial charge in [0.1, 0.15) is 0 Å². The first-order valence-corrected chi connectivity index (χ1v) is 7.94. The van der Waals surface area contributed by atoms with Crippen LogP contribution in [-0.2, 0) is 17.7 Å². The van der Waals surface area contributed by atoms with E-state index >= 15 is 0 Å². The molecule has 21 heavy (non-hydrogen) atoms. The standard InChI is InChI=1S/C15H19BrClN3O/c1-18-14(9-11-4-3-5-12(16)8-11)15-13(17)10-19-20(15)6-7-21-2/h3-5,8,10,14,18H,6-7,9H2,1-2H3. The predicted octanol–water partition coefficient (Wildman–Crippen LogP) is 3.45. The van der Waals surface area contributed by atoms with E-state index in [0.717, 1.165) is 16.6 Å². The van der Waals surface area contributed by atoms with Crippen LogP contribution in [0, 0.1) is 0 Å². The number of aromatic nitrogens is 2. The highest BCUT2D eigenvalue weighted by Gasteiger charge is 2.19. The first kappa shape index (κ1) is 16.5. The minimum Gasteiger partial charge on any atom is -0.383 e. The molecule has 1 aromatic heterocycles. The van der Waals surface area contributed by atoms with Gasteiger partial charge in [0.2, 0.25) is 0 Å². The molecule has 1 atom stereocenters. The number of hydrogen-bond acceptors (Lipinski definition) is 3. The third-order valence-electron chi connectivity index (χ3n) is 3.35. The van der Waals surface area contributed by atoms with Crippen LogP contribution in [0.1, 0.15) is 17.3 Å². The Morgan fingerprint density at radius 3 is 2.95 bits per heavy atom. The Balaban J connectivity index is 2.22. The molecule has 1 aromatic carbocycles. The monoisotopic (exact) mass is 371 g/mol. The Hall–Kier alpha value is -0.880. The van der Waals surface area contributed by atoms with Crippen molar-refractivity contribution in [3.05, 3.63) is 51.2 Å². The maximum Gasteiger partial charge on any atom is 0.0834 e. The van der Waals surface area contributed by atoms with Crippen LogP contribution in [0.2, 0.25) is 5.02 Å². The van der Waals surface area contributed by atoms with E-state index in [1.807, 2.05) is 23.9 Å². The largest absolute Gasteiger partial charge is 0.383 e. The van der Waals surface area contributed by atoms with E-state index < -0.39 is 0 Å². The maximum atomic E-state index is 6.32. The molecule has 0 spiro atoms. The van der Waals surface area contributed by atoms with Gasteiger partial charge in [-0.15, -0.1) is 0 Å². The highest BCUT2D eigenvalue weighted by molar-refractivity contribution is 9.10. The smallest absolute Gasteiger partial charge is 0.0834 e. The van der Waals surface area contributed by atoms with Crippen LogP contribution in [0.5, 0.6) is 0 Å². The van der Waals surface area contributed by atoms with Crippen LogP contribution < -0.4 is 5.32 Å². The summed E-state index contributed by atoms with van der Waals surface area (Å²) in [5, 5.41) is 8.35. The van der Waals surface area contributed by atoms with Crippen LogP contribution in [0.4, 0.5) is 0 Å². The lowest BCUT2D eigenvalue weighted by atomic mass is 10.0. The summed E-state index contributed by atoms with van der Waals surface area (Å²) in [6.45, 7) is 1.30. The summed E-state index contributed by atoms with van der Waals surface area (Å²) in [5.41, 5.74) is 2.23. The number of hydrogen-bond donors (Lipinski definition) is 1. The third kappa shape index (κ3) is 4.30. The molecule has 0 aliphatic heterocycles. The summed E-state index contributed by atoms with van der Waals surface area (Å²) in [4.78, 5) is 0. The average molecular weight is 373 g/mol. The zero-order valence-corrected chi connectivity index (χ0v) is 14.5.